The van der Waals surface area contributed by atoms with E-state index in [4.69, 9.17) is 9.47 Å². The summed E-state index contributed by atoms with van der Waals surface area (Å²) in [6.45, 7) is 0. The molecule has 1 amide bonds. The second-order valence-electron chi connectivity index (χ2n) is 8.28. The maximum atomic E-state index is 13.3. The summed E-state index contributed by atoms with van der Waals surface area (Å²) in [5.74, 6) is 1.32. The van der Waals surface area contributed by atoms with Crippen molar-refractivity contribution in [2.45, 2.75) is 25.1 Å². The number of benzene rings is 3. The van der Waals surface area contributed by atoms with Crippen molar-refractivity contribution in [1.29, 1.82) is 0 Å². The predicted molar refractivity (Wildman–Crippen MR) is 121 cm³/mol. The van der Waals surface area contributed by atoms with E-state index in [-0.39, 0.29) is 18.2 Å². The van der Waals surface area contributed by atoms with Gasteiger partial charge in [0.25, 0.3) is 5.91 Å². The molecular weight excluding hydrogens is 388 g/mol. The molecule has 0 aromatic heterocycles. The number of ether oxygens (including phenoxy) is 2. The van der Waals surface area contributed by atoms with E-state index in [0.717, 1.165) is 29.7 Å². The van der Waals surface area contributed by atoms with Crippen LogP contribution in [0.4, 0.5) is 5.69 Å². The maximum absolute atomic E-state index is 13.3. The second-order valence-corrected chi connectivity index (χ2v) is 8.28. The molecule has 1 aliphatic carbocycles. The van der Waals surface area contributed by atoms with Crippen LogP contribution < -0.4 is 14.4 Å². The fourth-order valence-corrected chi connectivity index (χ4v) is 4.77. The highest BCUT2D eigenvalue weighted by Crippen LogP contribution is 2.43. The van der Waals surface area contributed by atoms with Crippen LogP contribution in [0.3, 0.4) is 0 Å². The first-order chi connectivity index (χ1) is 15.1. The lowest BCUT2D eigenvalue weighted by molar-refractivity contribution is 0.0973. The Kier molecular flexibility index (Phi) is 4.91. The van der Waals surface area contributed by atoms with Gasteiger partial charge in [0.15, 0.2) is 11.5 Å². The Labute approximate surface area is 182 Å². The minimum atomic E-state index is -0.169. The summed E-state index contributed by atoms with van der Waals surface area (Å²) in [6, 6.07) is 22.0. The summed E-state index contributed by atoms with van der Waals surface area (Å²) >= 11 is 0. The summed E-state index contributed by atoms with van der Waals surface area (Å²) in [6.07, 6.45) is 1.75. The molecular formula is C26H26N2O3. The number of nitrogens with zero attached hydrogens (tertiary/aromatic N) is 2. The highest BCUT2D eigenvalue weighted by Gasteiger charge is 2.39. The molecule has 0 saturated heterocycles. The Morgan fingerprint density at radius 3 is 2.45 bits per heavy atom. The number of aryl methyl sites for hydroxylation is 1. The van der Waals surface area contributed by atoms with Crippen molar-refractivity contribution < 1.29 is 14.3 Å². The fraction of sp³-hybridized carbons (Fsp3) is 0.269. The Hall–Kier alpha value is -3.31. The average molecular weight is 415 g/mol. The van der Waals surface area contributed by atoms with Crippen molar-refractivity contribution in [3.63, 3.8) is 0 Å². The molecule has 0 N–H and O–H groups in total. The van der Waals surface area contributed by atoms with Gasteiger partial charge in [0.1, 0.15) is 12.3 Å². The summed E-state index contributed by atoms with van der Waals surface area (Å²) in [7, 11) is 5.62. The third-order valence-electron chi connectivity index (χ3n) is 6.19. The van der Waals surface area contributed by atoms with Crippen LogP contribution in [0.5, 0.6) is 11.5 Å². The first-order valence-electron chi connectivity index (χ1n) is 10.6. The maximum Gasteiger partial charge on any atom is 0.260 e. The third kappa shape index (κ3) is 3.26. The number of carbonyl (C=O) groups is 1. The molecule has 0 spiro atoms. The van der Waals surface area contributed by atoms with E-state index in [9.17, 15) is 4.79 Å². The highest BCUT2D eigenvalue weighted by molar-refractivity contribution is 6.11. The summed E-state index contributed by atoms with van der Waals surface area (Å²) < 4.78 is 12.0. The van der Waals surface area contributed by atoms with Gasteiger partial charge in [0.05, 0.1) is 7.11 Å². The zero-order valence-corrected chi connectivity index (χ0v) is 18.0. The molecule has 5 rings (SSSR count). The minimum absolute atomic E-state index is 0.00312. The van der Waals surface area contributed by atoms with Crippen LogP contribution in [0.25, 0.3) is 0 Å². The molecule has 0 radical (unpaired) electrons. The lowest BCUT2D eigenvalue weighted by Crippen LogP contribution is -2.36. The topological polar surface area (TPSA) is 42.0 Å². The van der Waals surface area contributed by atoms with Gasteiger partial charge in [-0.1, -0.05) is 42.5 Å². The van der Waals surface area contributed by atoms with Crippen molar-refractivity contribution in [3.05, 3.63) is 89.0 Å². The molecule has 0 bridgehead atoms. The fourth-order valence-electron chi connectivity index (χ4n) is 4.77. The van der Waals surface area contributed by atoms with Crippen LogP contribution in [0.2, 0.25) is 0 Å². The molecule has 3 aromatic carbocycles. The Morgan fingerprint density at radius 1 is 0.935 bits per heavy atom. The van der Waals surface area contributed by atoms with Gasteiger partial charge in [-0.3, -0.25) is 14.6 Å². The molecule has 2 unspecified atom stereocenters. The molecule has 1 heterocycles. The number of amides is 1. The van der Waals surface area contributed by atoms with Crippen molar-refractivity contribution >= 4 is 11.6 Å². The first kappa shape index (κ1) is 19.6. The van der Waals surface area contributed by atoms with Crippen molar-refractivity contribution in [1.82, 2.24) is 4.90 Å². The zero-order valence-electron chi connectivity index (χ0n) is 18.0. The quantitative estimate of drug-likeness (QED) is 0.590. The number of hydrogen-bond donors (Lipinski definition) is 0. The number of rotatable bonds is 5. The Balaban J connectivity index is 1.52. The lowest BCUT2D eigenvalue weighted by atomic mass is 10.1. The molecule has 2 atom stereocenters. The number of methoxy groups -OCH3 is 1. The number of fused-ring (bicyclic) bond motifs is 2. The van der Waals surface area contributed by atoms with Gasteiger partial charge in [-0.2, -0.15) is 0 Å². The number of hydrogen-bond acceptors (Lipinski definition) is 4. The monoisotopic (exact) mass is 414 g/mol. The van der Waals surface area contributed by atoms with Crippen LogP contribution in [0.15, 0.2) is 66.7 Å². The second kappa shape index (κ2) is 7.75. The number of carbonyl (C=O) groups excluding carboxylic acids is 1. The van der Waals surface area contributed by atoms with Crippen LogP contribution in [0, 0.1) is 0 Å². The largest absolute Gasteiger partial charge is 0.493 e. The van der Waals surface area contributed by atoms with Gasteiger partial charge in [-0.05, 0) is 56.3 Å². The van der Waals surface area contributed by atoms with E-state index in [1.807, 2.05) is 61.5 Å². The van der Waals surface area contributed by atoms with Gasteiger partial charge in [0, 0.05) is 22.9 Å². The van der Waals surface area contributed by atoms with Gasteiger partial charge in [-0.15, -0.1) is 0 Å². The predicted octanol–water partition coefficient (Wildman–Crippen LogP) is 4.98. The number of anilines is 1. The molecule has 5 nitrogen and oxygen atoms in total. The molecule has 5 heteroatoms. The van der Waals surface area contributed by atoms with Crippen LogP contribution in [0.1, 0.15) is 45.7 Å². The molecule has 0 saturated carbocycles. The van der Waals surface area contributed by atoms with Gasteiger partial charge in [0.2, 0.25) is 0 Å². The first-order valence-corrected chi connectivity index (χ1v) is 10.6. The van der Waals surface area contributed by atoms with Gasteiger partial charge in [-0.25, -0.2) is 0 Å². The van der Waals surface area contributed by atoms with Gasteiger partial charge < -0.3 is 9.47 Å². The molecule has 31 heavy (non-hydrogen) atoms. The highest BCUT2D eigenvalue weighted by atomic mass is 16.5. The van der Waals surface area contributed by atoms with Gasteiger partial charge >= 0.3 is 0 Å². The molecule has 3 aromatic rings. The molecule has 2 aliphatic rings. The van der Waals surface area contributed by atoms with E-state index < -0.39 is 0 Å². The summed E-state index contributed by atoms with van der Waals surface area (Å²) in [5, 5.41) is 0. The van der Waals surface area contributed by atoms with Crippen LogP contribution in [-0.4, -0.2) is 32.0 Å². The Bertz CT molecular complexity index is 1140. The standard InChI is InChI=1S/C26H26N2O3/c1-27(2)25-20-10-6-7-11-21(20)26(29)28(25)18-13-15-23(30-3)24(16-18)31-22-14-12-17-8-4-5-9-19(17)22/h4-11,13,15-16,22,25H,12,14H2,1-3H3. The summed E-state index contributed by atoms with van der Waals surface area (Å²) in [5.41, 5.74) is 5.11. The summed E-state index contributed by atoms with van der Waals surface area (Å²) in [4.78, 5) is 17.2. The Morgan fingerprint density at radius 2 is 1.68 bits per heavy atom. The minimum Gasteiger partial charge on any atom is -0.493 e. The zero-order chi connectivity index (χ0) is 21.5. The average Bonchev–Trinajstić information content (AvgIpc) is 3.33. The van der Waals surface area contributed by atoms with E-state index in [2.05, 4.69) is 29.2 Å². The van der Waals surface area contributed by atoms with Crippen molar-refractivity contribution in [2.75, 3.05) is 26.1 Å². The SMILES string of the molecule is COc1ccc(N2C(=O)c3ccccc3C2N(C)C)cc1OC1CCc2ccccc21. The van der Waals surface area contributed by atoms with E-state index in [0.29, 0.717) is 11.5 Å². The van der Waals surface area contributed by atoms with E-state index >= 15 is 0 Å². The van der Waals surface area contributed by atoms with E-state index in [1.165, 1.54) is 11.1 Å². The molecule has 158 valence electrons. The van der Waals surface area contributed by atoms with Crippen molar-refractivity contribution in [3.8, 4) is 11.5 Å². The van der Waals surface area contributed by atoms with Crippen LogP contribution >= 0.6 is 0 Å². The third-order valence-corrected chi connectivity index (χ3v) is 6.19. The normalized spacial score (nSPS) is 19.5. The van der Waals surface area contributed by atoms with Crippen LogP contribution in [-0.2, 0) is 6.42 Å². The van der Waals surface area contributed by atoms with E-state index in [1.54, 1.807) is 7.11 Å². The molecule has 1 aliphatic heterocycles. The lowest BCUT2D eigenvalue weighted by Gasteiger charge is -2.31. The molecule has 0 fully saturated rings. The van der Waals surface area contributed by atoms with Crippen molar-refractivity contribution in [2.24, 2.45) is 0 Å². The smallest absolute Gasteiger partial charge is 0.260 e.